The second-order valence-electron chi connectivity index (χ2n) is 5.22. The van der Waals surface area contributed by atoms with E-state index in [1.54, 1.807) is 4.68 Å². The number of nitrogens with zero attached hydrogens (tertiary/aromatic N) is 2. The number of hydrogen-bond acceptors (Lipinski definition) is 2. The fraction of sp³-hybridized carbons (Fsp3) is 0.375. The SMILES string of the molecule is CCCc1c(C(=O)O)cnn1-c1c(C)cc(C)cc1C. The lowest BCUT2D eigenvalue weighted by molar-refractivity contribution is 0.0695. The van der Waals surface area contributed by atoms with E-state index in [1.807, 2.05) is 20.8 Å². The van der Waals surface area contributed by atoms with Crippen molar-refractivity contribution in [1.29, 1.82) is 0 Å². The summed E-state index contributed by atoms with van der Waals surface area (Å²) in [6.07, 6.45) is 3.04. The van der Waals surface area contributed by atoms with Gasteiger partial charge in [-0.15, -0.1) is 0 Å². The number of aromatic carboxylic acids is 1. The molecule has 0 bridgehead atoms. The summed E-state index contributed by atoms with van der Waals surface area (Å²) >= 11 is 0. The molecule has 1 heterocycles. The average Bonchev–Trinajstić information content (AvgIpc) is 2.72. The number of carboxylic acids is 1. The molecule has 1 aromatic heterocycles. The maximum absolute atomic E-state index is 11.3. The molecule has 0 amide bonds. The lowest BCUT2D eigenvalue weighted by Gasteiger charge is -2.14. The molecule has 4 heteroatoms. The van der Waals surface area contributed by atoms with Crippen LogP contribution in [0.2, 0.25) is 0 Å². The molecular weight excluding hydrogens is 252 g/mol. The highest BCUT2D eigenvalue weighted by molar-refractivity contribution is 5.88. The van der Waals surface area contributed by atoms with Crippen molar-refractivity contribution in [1.82, 2.24) is 9.78 Å². The third kappa shape index (κ3) is 2.46. The molecule has 1 N–H and O–H groups in total. The third-order valence-electron chi connectivity index (χ3n) is 3.43. The van der Waals surface area contributed by atoms with Crippen molar-refractivity contribution < 1.29 is 9.90 Å². The number of rotatable bonds is 4. The van der Waals surface area contributed by atoms with Crippen LogP contribution in [-0.4, -0.2) is 20.9 Å². The van der Waals surface area contributed by atoms with Gasteiger partial charge >= 0.3 is 5.97 Å². The highest BCUT2D eigenvalue weighted by Gasteiger charge is 2.19. The van der Waals surface area contributed by atoms with E-state index in [2.05, 4.69) is 24.2 Å². The Bertz CT molecular complexity index is 633. The zero-order valence-electron chi connectivity index (χ0n) is 12.4. The number of carbonyl (C=O) groups is 1. The van der Waals surface area contributed by atoms with Crippen LogP contribution in [0.5, 0.6) is 0 Å². The minimum atomic E-state index is -0.915. The van der Waals surface area contributed by atoms with Crippen molar-refractivity contribution in [2.75, 3.05) is 0 Å². The summed E-state index contributed by atoms with van der Waals surface area (Å²) in [6.45, 7) is 8.17. The number of aromatic nitrogens is 2. The van der Waals surface area contributed by atoms with E-state index in [4.69, 9.17) is 0 Å². The molecule has 0 saturated carbocycles. The molecule has 4 nitrogen and oxygen atoms in total. The molecule has 0 spiro atoms. The van der Waals surface area contributed by atoms with Gasteiger partial charge in [-0.1, -0.05) is 31.0 Å². The van der Waals surface area contributed by atoms with Gasteiger partial charge in [0.05, 0.1) is 17.6 Å². The fourth-order valence-corrected chi connectivity index (χ4v) is 2.73. The summed E-state index contributed by atoms with van der Waals surface area (Å²) in [5.41, 5.74) is 5.49. The van der Waals surface area contributed by atoms with E-state index in [1.165, 1.54) is 11.8 Å². The summed E-state index contributed by atoms with van der Waals surface area (Å²) in [5, 5.41) is 13.6. The van der Waals surface area contributed by atoms with E-state index < -0.39 is 5.97 Å². The Balaban J connectivity index is 2.67. The summed E-state index contributed by atoms with van der Waals surface area (Å²) in [4.78, 5) is 11.3. The molecule has 0 atom stereocenters. The van der Waals surface area contributed by atoms with Crippen LogP contribution in [0.25, 0.3) is 5.69 Å². The van der Waals surface area contributed by atoms with Crippen LogP contribution in [0.15, 0.2) is 18.3 Å². The molecule has 2 aromatic rings. The topological polar surface area (TPSA) is 55.1 Å². The summed E-state index contributed by atoms with van der Waals surface area (Å²) < 4.78 is 1.79. The van der Waals surface area contributed by atoms with Crippen LogP contribution in [0.3, 0.4) is 0 Å². The molecule has 0 aliphatic carbocycles. The molecule has 2 rings (SSSR count). The van der Waals surface area contributed by atoms with Crippen molar-refractivity contribution >= 4 is 5.97 Å². The van der Waals surface area contributed by atoms with E-state index in [0.29, 0.717) is 12.0 Å². The monoisotopic (exact) mass is 272 g/mol. The molecule has 20 heavy (non-hydrogen) atoms. The average molecular weight is 272 g/mol. The van der Waals surface area contributed by atoms with Crippen molar-refractivity contribution in [2.24, 2.45) is 0 Å². The van der Waals surface area contributed by atoms with Crippen molar-refractivity contribution in [2.45, 2.75) is 40.5 Å². The Morgan fingerprint density at radius 2 is 1.85 bits per heavy atom. The van der Waals surface area contributed by atoms with Crippen molar-refractivity contribution in [3.63, 3.8) is 0 Å². The van der Waals surface area contributed by atoms with Gasteiger partial charge in [-0.2, -0.15) is 5.10 Å². The van der Waals surface area contributed by atoms with E-state index >= 15 is 0 Å². The quantitative estimate of drug-likeness (QED) is 0.927. The first kappa shape index (κ1) is 14.3. The van der Waals surface area contributed by atoms with Gasteiger partial charge in [-0.3, -0.25) is 0 Å². The number of hydrogen-bond donors (Lipinski definition) is 1. The van der Waals surface area contributed by atoms with Gasteiger partial charge in [0.25, 0.3) is 0 Å². The van der Waals surface area contributed by atoms with Crippen LogP contribution < -0.4 is 0 Å². The van der Waals surface area contributed by atoms with Gasteiger partial charge in [-0.25, -0.2) is 9.48 Å². The summed E-state index contributed by atoms with van der Waals surface area (Å²) in [5.74, 6) is -0.915. The number of aryl methyl sites for hydroxylation is 3. The van der Waals surface area contributed by atoms with Crippen molar-refractivity contribution in [3.05, 3.63) is 46.3 Å². The van der Waals surface area contributed by atoms with Crippen LogP contribution >= 0.6 is 0 Å². The van der Waals surface area contributed by atoms with E-state index in [-0.39, 0.29) is 0 Å². The molecule has 0 fully saturated rings. The second-order valence-corrected chi connectivity index (χ2v) is 5.22. The van der Waals surface area contributed by atoms with Gasteiger partial charge in [0.15, 0.2) is 0 Å². The van der Waals surface area contributed by atoms with Crippen LogP contribution in [-0.2, 0) is 6.42 Å². The smallest absolute Gasteiger partial charge is 0.339 e. The molecule has 106 valence electrons. The van der Waals surface area contributed by atoms with Gasteiger partial charge in [0.1, 0.15) is 5.56 Å². The van der Waals surface area contributed by atoms with Gasteiger partial charge in [0, 0.05) is 0 Å². The van der Waals surface area contributed by atoms with Crippen molar-refractivity contribution in [3.8, 4) is 5.69 Å². The molecule has 0 aliphatic heterocycles. The predicted octanol–water partition coefficient (Wildman–Crippen LogP) is 3.45. The standard InChI is InChI=1S/C16H20N2O2/c1-5-6-14-13(16(19)20)9-17-18(14)15-11(3)7-10(2)8-12(15)4/h7-9H,5-6H2,1-4H3,(H,19,20). The fourth-order valence-electron chi connectivity index (χ4n) is 2.73. The highest BCUT2D eigenvalue weighted by atomic mass is 16.4. The lowest BCUT2D eigenvalue weighted by atomic mass is 10.0. The van der Waals surface area contributed by atoms with Gasteiger partial charge in [0.2, 0.25) is 0 Å². The first-order valence-corrected chi connectivity index (χ1v) is 6.84. The Hall–Kier alpha value is -2.10. The second kappa shape index (κ2) is 5.49. The number of benzene rings is 1. The molecule has 0 saturated heterocycles. The highest BCUT2D eigenvalue weighted by Crippen LogP contribution is 2.24. The Morgan fingerprint density at radius 1 is 1.25 bits per heavy atom. The maximum atomic E-state index is 11.3. The maximum Gasteiger partial charge on any atom is 0.339 e. The third-order valence-corrected chi connectivity index (χ3v) is 3.43. The van der Waals surface area contributed by atoms with Crippen LogP contribution in [0.1, 0.15) is 46.1 Å². The molecule has 0 aliphatic rings. The van der Waals surface area contributed by atoms with Gasteiger partial charge in [-0.05, 0) is 38.3 Å². The van der Waals surface area contributed by atoms with Crippen LogP contribution in [0.4, 0.5) is 0 Å². The molecule has 1 aromatic carbocycles. The Morgan fingerprint density at radius 3 is 2.35 bits per heavy atom. The Kier molecular flexibility index (Phi) is 3.93. The molecule has 0 radical (unpaired) electrons. The minimum Gasteiger partial charge on any atom is -0.478 e. The lowest BCUT2D eigenvalue weighted by Crippen LogP contribution is -2.09. The van der Waals surface area contributed by atoms with Crippen LogP contribution in [0, 0.1) is 20.8 Å². The summed E-state index contributed by atoms with van der Waals surface area (Å²) in [7, 11) is 0. The first-order chi connectivity index (χ1) is 9.45. The first-order valence-electron chi connectivity index (χ1n) is 6.84. The predicted molar refractivity (Wildman–Crippen MR) is 78.7 cm³/mol. The minimum absolute atomic E-state index is 0.297. The van der Waals surface area contributed by atoms with E-state index in [0.717, 1.165) is 28.9 Å². The summed E-state index contributed by atoms with van der Waals surface area (Å²) in [6, 6.07) is 4.19. The zero-order chi connectivity index (χ0) is 14.9. The van der Waals surface area contributed by atoms with Gasteiger partial charge < -0.3 is 5.11 Å². The number of carboxylic acid groups (broad SMARTS) is 1. The molecular formula is C16H20N2O2. The molecule has 0 unspecified atom stereocenters. The largest absolute Gasteiger partial charge is 0.478 e. The van der Waals surface area contributed by atoms with E-state index in [9.17, 15) is 9.90 Å². The Labute approximate surface area is 119 Å². The normalized spacial score (nSPS) is 10.8. The zero-order valence-corrected chi connectivity index (χ0v) is 12.4.